The van der Waals surface area contributed by atoms with Crippen LogP contribution in [0.2, 0.25) is 5.02 Å². The van der Waals surface area contributed by atoms with Crippen molar-refractivity contribution >= 4 is 23.3 Å². The molecule has 35 heavy (non-hydrogen) atoms. The zero-order chi connectivity index (χ0) is 25.9. The first kappa shape index (κ1) is 27.4. The molecule has 3 rings (SSSR count). The number of benzene rings is 1. The molecular formula is C26H35ClF2N2O4. The fraction of sp³-hybridized carbons (Fsp3) is 0.615. The molecule has 0 radical (unpaired) electrons. The number of alkyl halides is 2. The van der Waals surface area contributed by atoms with Crippen molar-refractivity contribution in [2.45, 2.75) is 90.7 Å². The number of carboxylic acid groups (broad SMARTS) is 1. The molecule has 0 spiro atoms. The standard InChI is InChI=1S/C26H35ClF2N2O4/c1-14-5-7-19(18(27)9-14)30-20(32)12-16(6-8-21(33)34)23-22(25(28)29)24(35-31-23)17-10-15(11-17)13-26(2,3)4/h5,7,9,15-17,20,25,30,32H,6,8,10-13H2,1-4H3,(H,33,34). The number of aliphatic hydroxyl groups is 1. The number of hydrogen-bond acceptors (Lipinski definition) is 5. The molecule has 1 saturated carbocycles. The number of rotatable bonds is 11. The van der Waals surface area contributed by atoms with Gasteiger partial charge in [0.25, 0.3) is 6.43 Å². The van der Waals surface area contributed by atoms with Crippen LogP contribution < -0.4 is 5.32 Å². The van der Waals surface area contributed by atoms with Crippen molar-refractivity contribution in [3.63, 3.8) is 0 Å². The van der Waals surface area contributed by atoms with Crippen molar-refractivity contribution in [2.75, 3.05) is 5.32 Å². The van der Waals surface area contributed by atoms with Gasteiger partial charge in [-0.25, -0.2) is 8.78 Å². The molecule has 1 aromatic heterocycles. The Morgan fingerprint density at radius 2 is 2.00 bits per heavy atom. The van der Waals surface area contributed by atoms with Crippen LogP contribution in [0.4, 0.5) is 14.5 Å². The second-order valence-corrected chi connectivity index (χ2v) is 11.4. The Labute approximate surface area is 210 Å². The molecule has 0 saturated heterocycles. The van der Waals surface area contributed by atoms with Crippen LogP contribution in [0, 0.1) is 18.3 Å². The van der Waals surface area contributed by atoms with E-state index in [9.17, 15) is 23.8 Å². The first-order valence-corrected chi connectivity index (χ1v) is 12.4. The van der Waals surface area contributed by atoms with E-state index in [4.69, 9.17) is 16.1 Å². The number of aliphatic hydroxyl groups excluding tert-OH is 1. The second-order valence-electron chi connectivity index (χ2n) is 11.0. The number of nitrogens with zero attached hydrogens (tertiary/aromatic N) is 1. The minimum absolute atomic E-state index is 0.0273. The van der Waals surface area contributed by atoms with Crippen molar-refractivity contribution in [3.05, 3.63) is 45.8 Å². The minimum atomic E-state index is -2.81. The molecule has 1 aliphatic carbocycles. The van der Waals surface area contributed by atoms with Gasteiger partial charge in [-0.3, -0.25) is 4.79 Å². The number of halogens is 3. The maximum Gasteiger partial charge on any atom is 0.303 e. The van der Waals surface area contributed by atoms with Crippen LogP contribution in [0.3, 0.4) is 0 Å². The number of nitrogens with one attached hydrogen (secondary N) is 1. The van der Waals surface area contributed by atoms with Gasteiger partial charge in [-0.15, -0.1) is 0 Å². The SMILES string of the molecule is Cc1ccc(NC(O)CC(CCC(=O)O)c2noc(C3CC(CC(C)(C)C)C3)c2C(F)F)c(Cl)c1. The summed E-state index contributed by atoms with van der Waals surface area (Å²) in [6, 6.07) is 5.28. The Hall–Kier alpha value is -2.19. The average Bonchev–Trinajstić information content (AvgIpc) is 3.13. The van der Waals surface area contributed by atoms with Gasteiger partial charge in [-0.05, 0) is 61.6 Å². The molecule has 6 nitrogen and oxygen atoms in total. The fourth-order valence-corrected chi connectivity index (χ4v) is 5.31. The number of carbonyl (C=O) groups is 1. The highest BCUT2D eigenvalue weighted by Gasteiger charge is 2.40. The summed E-state index contributed by atoms with van der Waals surface area (Å²) in [5, 5.41) is 27.2. The maximum absolute atomic E-state index is 14.2. The molecule has 1 aromatic carbocycles. The third kappa shape index (κ3) is 7.40. The number of anilines is 1. The molecule has 0 bridgehead atoms. The van der Waals surface area contributed by atoms with Crippen molar-refractivity contribution in [3.8, 4) is 0 Å². The lowest BCUT2D eigenvalue weighted by molar-refractivity contribution is -0.137. The first-order valence-electron chi connectivity index (χ1n) is 12.0. The Balaban J connectivity index is 1.79. The highest BCUT2D eigenvalue weighted by Crippen LogP contribution is 2.50. The van der Waals surface area contributed by atoms with Crippen molar-refractivity contribution < 1.29 is 28.3 Å². The van der Waals surface area contributed by atoms with Gasteiger partial charge in [0.05, 0.1) is 22.0 Å². The van der Waals surface area contributed by atoms with E-state index in [1.54, 1.807) is 12.1 Å². The lowest BCUT2D eigenvalue weighted by Crippen LogP contribution is -2.26. The molecule has 2 aromatic rings. The predicted molar refractivity (Wildman–Crippen MR) is 131 cm³/mol. The van der Waals surface area contributed by atoms with Crippen LogP contribution in [0.15, 0.2) is 22.7 Å². The van der Waals surface area contributed by atoms with Crippen LogP contribution in [0.25, 0.3) is 0 Å². The van der Waals surface area contributed by atoms with E-state index in [0.29, 0.717) is 16.6 Å². The molecule has 1 heterocycles. The lowest BCUT2D eigenvalue weighted by atomic mass is 9.67. The Morgan fingerprint density at radius 3 is 2.57 bits per heavy atom. The second kappa shape index (κ2) is 11.2. The van der Waals surface area contributed by atoms with E-state index in [1.165, 1.54) is 0 Å². The van der Waals surface area contributed by atoms with Gasteiger partial charge >= 0.3 is 5.97 Å². The van der Waals surface area contributed by atoms with Crippen molar-refractivity contribution in [1.82, 2.24) is 5.16 Å². The van der Waals surface area contributed by atoms with Gasteiger partial charge < -0.3 is 20.1 Å². The molecule has 194 valence electrons. The summed E-state index contributed by atoms with van der Waals surface area (Å²) in [6.07, 6.45) is -1.65. The molecule has 2 atom stereocenters. The summed E-state index contributed by atoms with van der Waals surface area (Å²) in [7, 11) is 0. The van der Waals surface area contributed by atoms with Gasteiger partial charge in [0, 0.05) is 24.7 Å². The molecule has 3 N–H and O–H groups in total. The largest absolute Gasteiger partial charge is 0.481 e. The average molecular weight is 513 g/mol. The summed E-state index contributed by atoms with van der Waals surface area (Å²) in [4.78, 5) is 11.2. The number of aryl methyl sites for hydroxylation is 1. The monoisotopic (exact) mass is 512 g/mol. The molecule has 2 unspecified atom stereocenters. The summed E-state index contributed by atoms with van der Waals surface area (Å²) in [5.41, 5.74) is 1.40. The maximum atomic E-state index is 14.2. The van der Waals surface area contributed by atoms with E-state index in [-0.39, 0.29) is 47.6 Å². The molecule has 1 aliphatic rings. The molecule has 0 amide bonds. The molecule has 0 aliphatic heterocycles. The van der Waals surface area contributed by atoms with Gasteiger partial charge in [-0.1, -0.05) is 43.6 Å². The first-order chi connectivity index (χ1) is 16.3. The predicted octanol–water partition coefficient (Wildman–Crippen LogP) is 7.27. The van der Waals surface area contributed by atoms with Crippen LogP contribution >= 0.6 is 11.6 Å². The number of hydrogen-bond donors (Lipinski definition) is 3. The summed E-state index contributed by atoms with van der Waals surface area (Å²) < 4.78 is 33.9. The van der Waals surface area contributed by atoms with Crippen LogP contribution in [-0.2, 0) is 4.79 Å². The van der Waals surface area contributed by atoms with Gasteiger partial charge in [0.1, 0.15) is 12.0 Å². The Bertz CT molecular complexity index is 1020. The third-order valence-corrected chi connectivity index (χ3v) is 6.87. The normalized spacial score (nSPS) is 19.9. The van der Waals surface area contributed by atoms with Crippen LogP contribution in [-0.4, -0.2) is 27.6 Å². The number of aromatic nitrogens is 1. The fourth-order valence-electron chi connectivity index (χ4n) is 5.02. The Kier molecular flexibility index (Phi) is 8.81. The van der Waals surface area contributed by atoms with E-state index in [0.717, 1.165) is 24.8 Å². The highest BCUT2D eigenvalue weighted by atomic mass is 35.5. The Morgan fingerprint density at radius 1 is 1.31 bits per heavy atom. The summed E-state index contributed by atoms with van der Waals surface area (Å²) in [6.45, 7) is 8.37. The van der Waals surface area contributed by atoms with Crippen molar-refractivity contribution in [1.29, 1.82) is 0 Å². The third-order valence-electron chi connectivity index (χ3n) is 6.56. The van der Waals surface area contributed by atoms with Gasteiger partial charge in [-0.2, -0.15) is 0 Å². The summed E-state index contributed by atoms with van der Waals surface area (Å²) >= 11 is 6.23. The van der Waals surface area contributed by atoms with E-state index in [1.807, 2.05) is 13.0 Å². The molecular weight excluding hydrogens is 478 g/mol. The quantitative estimate of drug-likeness (QED) is 0.274. The number of aliphatic carboxylic acids is 1. The van der Waals surface area contributed by atoms with Crippen LogP contribution in [0.5, 0.6) is 0 Å². The highest BCUT2D eigenvalue weighted by molar-refractivity contribution is 6.33. The zero-order valence-corrected chi connectivity index (χ0v) is 21.4. The van der Waals surface area contributed by atoms with Crippen LogP contribution in [0.1, 0.15) is 100 Å². The zero-order valence-electron chi connectivity index (χ0n) is 20.7. The number of carboxylic acids is 1. The van der Waals surface area contributed by atoms with Gasteiger partial charge in [0.15, 0.2) is 0 Å². The van der Waals surface area contributed by atoms with E-state index in [2.05, 4.69) is 31.2 Å². The minimum Gasteiger partial charge on any atom is -0.481 e. The van der Waals surface area contributed by atoms with Gasteiger partial charge in [0.2, 0.25) is 0 Å². The smallest absolute Gasteiger partial charge is 0.303 e. The lowest BCUT2D eigenvalue weighted by Gasteiger charge is -2.38. The van der Waals surface area contributed by atoms with E-state index < -0.39 is 24.5 Å². The topological polar surface area (TPSA) is 95.6 Å². The van der Waals surface area contributed by atoms with Crippen molar-refractivity contribution in [2.24, 2.45) is 11.3 Å². The molecule has 9 heteroatoms. The summed E-state index contributed by atoms with van der Waals surface area (Å²) in [5.74, 6) is -1.26. The van der Waals surface area contributed by atoms with E-state index >= 15 is 0 Å². The molecule has 1 fully saturated rings.